The smallest absolute Gasteiger partial charge is 0.323 e. The van der Waals surface area contributed by atoms with E-state index >= 15 is 0 Å². The molecule has 2 saturated heterocycles. The number of thiophene rings is 2. The molecule has 3 atom stereocenters. The molecule has 37 heavy (non-hydrogen) atoms. The second-order valence-corrected chi connectivity index (χ2v) is 13.5. The Morgan fingerprint density at radius 2 is 2.03 bits per heavy atom. The van der Waals surface area contributed by atoms with E-state index in [1.807, 2.05) is 25.3 Å². The Kier molecular flexibility index (Phi) is 6.81. The number of hydrogen-bond donors (Lipinski definition) is 1. The van der Waals surface area contributed by atoms with Crippen LogP contribution in [0.5, 0.6) is 0 Å². The van der Waals surface area contributed by atoms with Gasteiger partial charge in [-0.3, -0.25) is 14.4 Å². The first kappa shape index (κ1) is 25.8. The molecule has 0 saturated carbocycles. The van der Waals surface area contributed by atoms with E-state index in [2.05, 4.69) is 5.32 Å². The maximum Gasteiger partial charge on any atom is 0.323 e. The lowest BCUT2D eigenvalue weighted by Crippen LogP contribution is -2.53. The lowest BCUT2D eigenvalue weighted by molar-refractivity contribution is -0.646. The maximum absolute atomic E-state index is 13.7. The van der Waals surface area contributed by atoms with Crippen LogP contribution in [0.4, 0.5) is 0 Å². The van der Waals surface area contributed by atoms with Crippen molar-refractivity contribution in [2.75, 3.05) is 13.1 Å². The van der Waals surface area contributed by atoms with Gasteiger partial charge in [0.05, 0.1) is 17.5 Å². The maximum atomic E-state index is 13.7. The Hall–Kier alpha value is -2.87. The highest BCUT2D eigenvalue weighted by molar-refractivity contribution is 7.89. The largest absolute Gasteiger partial charge is 0.618 e. The standard InChI is InChI=1S/C24H26N4O6S3/c1-14(2)11-15(25-23(30)20-12-19-18(36-20)7-10-35-19)24(31)26-9-6-16-22(26)17(29)13-28(16)37(33,34)21-5-3-4-8-27(21)32/h3-5,7-8,10,12,14-16,22H,6,9,11,13H2,1-2H3,(H,25,30). The summed E-state index contributed by atoms with van der Waals surface area (Å²) in [5.41, 5.74) is 0. The summed E-state index contributed by atoms with van der Waals surface area (Å²) in [6.07, 6.45) is 1.72. The molecule has 0 aromatic carbocycles. The van der Waals surface area contributed by atoms with E-state index in [0.29, 0.717) is 11.3 Å². The van der Waals surface area contributed by atoms with Gasteiger partial charge >= 0.3 is 15.0 Å². The molecule has 3 aromatic rings. The molecule has 0 spiro atoms. The first-order chi connectivity index (χ1) is 17.6. The molecular formula is C24H26N4O6S3. The van der Waals surface area contributed by atoms with Gasteiger partial charge in [0.25, 0.3) is 5.91 Å². The van der Waals surface area contributed by atoms with Crippen molar-refractivity contribution in [3.05, 3.63) is 52.0 Å². The Balaban J connectivity index is 1.37. The number of carbonyl (C=O) groups is 3. The summed E-state index contributed by atoms with van der Waals surface area (Å²) >= 11 is 2.89. The fourth-order valence-corrected chi connectivity index (χ4v) is 8.74. The summed E-state index contributed by atoms with van der Waals surface area (Å²) in [6.45, 7) is 3.64. The zero-order valence-electron chi connectivity index (χ0n) is 20.2. The number of rotatable bonds is 7. The van der Waals surface area contributed by atoms with Gasteiger partial charge in [0.2, 0.25) is 5.91 Å². The van der Waals surface area contributed by atoms with Crippen molar-refractivity contribution in [2.24, 2.45) is 5.92 Å². The lowest BCUT2D eigenvalue weighted by Gasteiger charge is -2.29. The Morgan fingerprint density at radius 3 is 2.73 bits per heavy atom. The number of carbonyl (C=O) groups excluding carboxylic acids is 3. The second kappa shape index (κ2) is 9.78. The van der Waals surface area contributed by atoms with Crippen LogP contribution in [0.3, 0.4) is 0 Å². The molecule has 2 amide bonds. The number of Topliss-reactive ketones (excluding diaryl/α,β-unsaturated/α-hetero) is 1. The molecule has 5 rings (SSSR count). The summed E-state index contributed by atoms with van der Waals surface area (Å²) in [5, 5.41) is 16.5. The summed E-state index contributed by atoms with van der Waals surface area (Å²) in [4.78, 5) is 41.7. The molecule has 196 valence electrons. The van der Waals surface area contributed by atoms with Crippen molar-refractivity contribution in [2.45, 2.75) is 49.8 Å². The number of pyridine rings is 1. The highest BCUT2D eigenvalue weighted by atomic mass is 32.2. The third kappa shape index (κ3) is 4.65. The minimum Gasteiger partial charge on any atom is -0.618 e. The van der Waals surface area contributed by atoms with Crippen LogP contribution in [0.25, 0.3) is 9.40 Å². The summed E-state index contributed by atoms with van der Waals surface area (Å²) < 4.78 is 29.8. The van der Waals surface area contributed by atoms with E-state index in [4.69, 9.17) is 0 Å². The quantitative estimate of drug-likeness (QED) is 0.346. The number of hydrogen-bond acceptors (Lipinski definition) is 8. The number of nitrogens with zero attached hydrogens (tertiary/aromatic N) is 3. The number of ketones is 1. The second-order valence-electron chi connectivity index (χ2n) is 9.63. The van der Waals surface area contributed by atoms with Gasteiger partial charge in [-0.25, -0.2) is 8.42 Å². The van der Waals surface area contributed by atoms with Crippen molar-refractivity contribution in [3.8, 4) is 0 Å². The molecular weight excluding hydrogens is 536 g/mol. The van der Waals surface area contributed by atoms with Crippen LogP contribution in [-0.2, 0) is 19.6 Å². The van der Waals surface area contributed by atoms with E-state index < -0.39 is 51.4 Å². The molecule has 1 N–H and O–H groups in total. The molecule has 2 aliphatic heterocycles. The molecule has 0 radical (unpaired) electrons. The van der Waals surface area contributed by atoms with Gasteiger partial charge in [0, 0.05) is 28.1 Å². The van der Waals surface area contributed by atoms with Crippen molar-refractivity contribution in [3.63, 3.8) is 0 Å². The number of sulfonamides is 1. The van der Waals surface area contributed by atoms with Crippen LogP contribution >= 0.6 is 22.7 Å². The lowest BCUT2D eigenvalue weighted by atomic mass is 10.0. The minimum atomic E-state index is -4.25. The molecule has 2 aliphatic rings. The molecule has 3 unspecified atom stereocenters. The van der Waals surface area contributed by atoms with E-state index in [0.717, 1.165) is 19.9 Å². The average Bonchev–Trinajstić information content (AvgIpc) is 3.60. The predicted octanol–water partition coefficient (Wildman–Crippen LogP) is 1.98. The molecule has 3 aromatic heterocycles. The van der Waals surface area contributed by atoms with Crippen molar-refractivity contribution >= 4 is 59.7 Å². The van der Waals surface area contributed by atoms with Crippen molar-refractivity contribution in [1.82, 2.24) is 14.5 Å². The van der Waals surface area contributed by atoms with Gasteiger partial charge in [-0.1, -0.05) is 13.8 Å². The Labute approximate surface area is 222 Å². The third-order valence-electron chi connectivity index (χ3n) is 6.70. The van der Waals surface area contributed by atoms with Crippen LogP contribution < -0.4 is 10.0 Å². The van der Waals surface area contributed by atoms with Crippen LogP contribution in [0, 0.1) is 11.1 Å². The first-order valence-corrected chi connectivity index (χ1v) is 15.0. The van der Waals surface area contributed by atoms with E-state index in [9.17, 15) is 28.0 Å². The SMILES string of the molecule is CC(C)CC(NC(=O)c1cc2sccc2s1)C(=O)N1CCC2C1C(=O)CN2S(=O)(=O)c1cccc[n+]1[O-]. The van der Waals surface area contributed by atoms with E-state index in [-0.39, 0.29) is 29.5 Å². The molecule has 0 aliphatic carbocycles. The first-order valence-electron chi connectivity index (χ1n) is 11.9. The Bertz CT molecular complexity index is 1450. The molecule has 0 bridgehead atoms. The zero-order valence-corrected chi connectivity index (χ0v) is 22.6. The summed E-state index contributed by atoms with van der Waals surface area (Å²) in [7, 11) is -4.25. The number of nitrogens with one attached hydrogen (secondary N) is 1. The van der Waals surface area contributed by atoms with Gasteiger partial charge in [-0.15, -0.1) is 22.7 Å². The van der Waals surface area contributed by atoms with Crippen molar-refractivity contribution in [1.29, 1.82) is 0 Å². The summed E-state index contributed by atoms with van der Waals surface area (Å²) in [6, 6.07) is 5.23. The third-order valence-corrected chi connectivity index (χ3v) is 10.6. The summed E-state index contributed by atoms with van der Waals surface area (Å²) in [5.74, 6) is -1.07. The van der Waals surface area contributed by atoms with Crippen LogP contribution in [-0.4, -0.2) is 66.4 Å². The van der Waals surface area contributed by atoms with Gasteiger partial charge in [-0.05, 0) is 42.3 Å². The molecule has 13 heteroatoms. The molecule has 2 fully saturated rings. The van der Waals surface area contributed by atoms with Gasteiger partial charge in [-0.2, -0.15) is 9.04 Å². The van der Waals surface area contributed by atoms with Gasteiger partial charge < -0.3 is 15.4 Å². The number of likely N-dealkylation sites (tertiary alicyclic amines) is 1. The Morgan fingerprint density at radius 1 is 1.24 bits per heavy atom. The van der Waals surface area contributed by atoms with Gasteiger partial charge in [0.15, 0.2) is 12.0 Å². The van der Waals surface area contributed by atoms with E-state index in [1.165, 1.54) is 45.8 Å². The fourth-order valence-electron chi connectivity index (χ4n) is 5.07. The number of amides is 2. The minimum absolute atomic E-state index is 0.0845. The van der Waals surface area contributed by atoms with Crippen LogP contribution in [0.2, 0.25) is 0 Å². The average molecular weight is 563 g/mol. The van der Waals surface area contributed by atoms with Crippen LogP contribution in [0.15, 0.2) is 46.9 Å². The highest BCUT2D eigenvalue weighted by Gasteiger charge is 2.55. The van der Waals surface area contributed by atoms with Crippen molar-refractivity contribution < 1.29 is 27.5 Å². The van der Waals surface area contributed by atoms with Gasteiger partial charge in [0.1, 0.15) is 12.1 Å². The zero-order chi connectivity index (χ0) is 26.5. The monoisotopic (exact) mass is 562 g/mol. The number of aromatic nitrogens is 1. The van der Waals surface area contributed by atoms with Crippen LogP contribution in [0.1, 0.15) is 36.4 Å². The molecule has 5 heterocycles. The predicted molar refractivity (Wildman–Crippen MR) is 139 cm³/mol. The van der Waals surface area contributed by atoms with E-state index in [1.54, 1.807) is 6.07 Å². The molecule has 10 nitrogen and oxygen atoms in total. The highest BCUT2D eigenvalue weighted by Crippen LogP contribution is 2.34. The fraction of sp³-hybridized carbons (Fsp3) is 0.417. The number of fused-ring (bicyclic) bond motifs is 2. The topological polar surface area (TPSA) is 131 Å². The normalized spacial score (nSPS) is 21.1.